The molecule has 1 aliphatic heterocycles. The Kier molecular flexibility index (Phi) is 5.51. The zero-order valence-corrected chi connectivity index (χ0v) is 15.8. The molecule has 0 amide bonds. The number of guanidine groups is 1. The standard InChI is InChI=1S/C21H23N5O2/c1-22-21(26-12-10-18(14-26)28-19-9-5-6-11-23-19)24-13-17-15-27-20(25-17)16-7-3-2-4-8-16/h2-9,11,15,18H,10,12-14H2,1H3,(H,22,24). The van der Waals surface area contributed by atoms with E-state index in [9.17, 15) is 0 Å². The van der Waals surface area contributed by atoms with E-state index in [4.69, 9.17) is 9.15 Å². The Balaban J connectivity index is 1.31. The first-order valence-corrected chi connectivity index (χ1v) is 9.35. The van der Waals surface area contributed by atoms with Crippen molar-refractivity contribution in [3.05, 3.63) is 66.7 Å². The van der Waals surface area contributed by atoms with Gasteiger partial charge in [-0.3, -0.25) is 4.99 Å². The van der Waals surface area contributed by atoms with Crippen molar-refractivity contribution in [1.82, 2.24) is 20.2 Å². The van der Waals surface area contributed by atoms with Gasteiger partial charge in [-0.2, -0.15) is 0 Å². The molecule has 0 aliphatic carbocycles. The molecule has 1 aliphatic rings. The van der Waals surface area contributed by atoms with E-state index in [-0.39, 0.29) is 6.10 Å². The van der Waals surface area contributed by atoms with Gasteiger partial charge in [0, 0.05) is 37.8 Å². The van der Waals surface area contributed by atoms with Gasteiger partial charge in [-0.1, -0.05) is 24.3 Å². The van der Waals surface area contributed by atoms with Gasteiger partial charge in [0.25, 0.3) is 0 Å². The molecule has 0 bridgehead atoms. The van der Waals surface area contributed by atoms with E-state index in [0.29, 0.717) is 18.3 Å². The van der Waals surface area contributed by atoms with Crippen molar-refractivity contribution in [1.29, 1.82) is 0 Å². The summed E-state index contributed by atoms with van der Waals surface area (Å²) in [5, 5.41) is 3.36. The summed E-state index contributed by atoms with van der Waals surface area (Å²) in [6, 6.07) is 15.6. The zero-order chi connectivity index (χ0) is 19.2. The minimum absolute atomic E-state index is 0.102. The van der Waals surface area contributed by atoms with Gasteiger partial charge >= 0.3 is 0 Å². The predicted molar refractivity (Wildman–Crippen MR) is 107 cm³/mol. The molecule has 1 saturated heterocycles. The normalized spacial score (nSPS) is 17.0. The lowest BCUT2D eigenvalue weighted by molar-refractivity contribution is 0.205. The van der Waals surface area contributed by atoms with E-state index < -0.39 is 0 Å². The molecule has 7 heteroatoms. The van der Waals surface area contributed by atoms with Gasteiger partial charge in [-0.25, -0.2) is 9.97 Å². The molecule has 0 spiro atoms. The molecule has 2 aromatic heterocycles. The van der Waals surface area contributed by atoms with E-state index in [1.54, 1.807) is 19.5 Å². The van der Waals surface area contributed by atoms with E-state index in [1.807, 2.05) is 48.5 Å². The largest absolute Gasteiger partial charge is 0.472 e. The van der Waals surface area contributed by atoms with Crippen LogP contribution >= 0.6 is 0 Å². The quantitative estimate of drug-likeness (QED) is 0.544. The molecule has 1 fully saturated rings. The number of hydrogen-bond donors (Lipinski definition) is 1. The summed E-state index contributed by atoms with van der Waals surface area (Å²) in [7, 11) is 1.79. The molecule has 1 aromatic carbocycles. The summed E-state index contributed by atoms with van der Waals surface area (Å²) in [4.78, 5) is 15.4. The number of hydrogen-bond acceptors (Lipinski definition) is 5. The third-order valence-electron chi connectivity index (χ3n) is 4.58. The van der Waals surface area contributed by atoms with Crippen LogP contribution in [-0.4, -0.2) is 47.1 Å². The van der Waals surface area contributed by atoms with E-state index >= 15 is 0 Å². The molecule has 3 heterocycles. The Hall–Kier alpha value is -3.35. The summed E-state index contributed by atoms with van der Waals surface area (Å²) in [5.41, 5.74) is 1.80. The summed E-state index contributed by atoms with van der Waals surface area (Å²) in [6.45, 7) is 2.20. The second-order valence-electron chi connectivity index (χ2n) is 6.55. The maximum Gasteiger partial charge on any atom is 0.226 e. The highest BCUT2D eigenvalue weighted by Crippen LogP contribution is 2.18. The van der Waals surface area contributed by atoms with Crippen LogP contribution in [0.2, 0.25) is 0 Å². The van der Waals surface area contributed by atoms with Crippen molar-refractivity contribution in [2.75, 3.05) is 20.1 Å². The Morgan fingerprint density at radius 2 is 2.11 bits per heavy atom. The maximum absolute atomic E-state index is 5.95. The highest BCUT2D eigenvalue weighted by atomic mass is 16.5. The van der Waals surface area contributed by atoms with Crippen molar-refractivity contribution in [3.63, 3.8) is 0 Å². The van der Waals surface area contributed by atoms with Gasteiger partial charge in [-0.15, -0.1) is 0 Å². The Labute approximate surface area is 164 Å². The molecule has 28 heavy (non-hydrogen) atoms. The van der Waals surface area contributed by atoms with Crippen LogP contribution in [0.15, 0.2) is 70.4 Å². The lowest BCUT2D eigenvalue weighted by Gasteiger charge is -2.21. The first-order chi connectivity index (χ1) is 13.8. The van der Waals surface area contributed by atoms with Crippen molar-refractivity contribution >= 4 is 5.96 Å². The van der Waals surface area contributed by atoms with Crippen LogP contribution in [0.3, 0.4) is 0 Å². The average molecular weight is 377 g/mol. The fraction of sp³-hybridized carbons (Fsp3) is 0.286. The van der Waals surface area contributed by atoms with Gasteiger partial charge in [-0.05, 0) is 18.2 Å². The second-order valence-corrected chi connectivity index (χ2v) is 6.55. The fourth-order valence-corrected chi connectivity index (χ4v) is 3.21. The monoisotopic (exact) mass is 377 g/mol. The number of pyridine rings is 1. The highest BCUT2D eigenvalue weighted by molar-refractivity contribution is 5.80. The number of nitrogens with one attached hydrogen (secondary N) is 1. The van der Waals surface area contributed by atoms with Crippen LogP contribution in [0.25, 0.3) is 11.5 Å². The van der Waals surface area contributed by atoms with Gasteiger partial charge in [0.05, 0.1) is 18.8 Å². The van der Waals surface area contributed by atoms with E-state index in [1.165, 1.54) is 0 Å². The minimum atomic E-state index is 0.102. The Bertz CT molecular complexity index is 911. The minimum Gasteiger partial charge on any atom is -0.472 e. The Morgan fingerprint density at radius 1 is 1.25 bits per heavy atom. The van der Waals surface area contributed by atoms with E-state index in [2.05, 4.69) is 25.2 Å². The van der Waals surface area contributed by atoms with Crippen LogP contribution in [0.4, 0.5) is 0 Å². The molecule has 1 unspecified atom stereocenters. The fourth-order valence-electron chi connectivity index (χ4n) is 3.21. The number of rotatable bonds is 5. The number of benzene rings is 1. The number of nitrogens with zero attached hydrogens (tertiary/aromatic N) is 4. The molecular weight excluding hydrogens is 354 g/mol. The third kappa shape index (κ3) is 4.31. The highest BCUT2D eigenvalue weighted by Gasteiger charge is 2.26. The smallest absolute Gasteiger partial charge is 0.226 e. The number of aromatic nitrogens is 2. The first kappa shape index (κ1) is 18.0. The molecular formula is C21H23N5O2. The molecule has 7 nitrogen and oxygen atoms in total. The van der Waals surface area contributed by atoms with Crippen LogP contribution in [0.1, 0.15) is 12.1 Å². The van der Waals surface area contributed by atoms with Crippen molar-refractivity contribution in [2.24, 2.45) is 4.99 Å². The lowest BCUT2D eigenvalue weighted by atomic mass is 10.2. The van der Waals surface area contributed by atoms with Crippen molar-refractivity contribution < 1.29 is 9.15 Å². The third-order valence-corrected chi connectivity index (χ3v) is 4.58. The number of oxazole rings is 1. The van der Waals surface area contributed by atoms with Crippen molar-refractivity contribution in [2.45, 2.75) is 19.1 Å². The SMILES string of the molecule is CN=C(NCc1coc(-c2ccccc2)n1)N1CCC(Oc2ccccn2)C1. The van der Waals surface area contributed by atoms with Gasteiger partial charge in [0.1, 0.15) is 12.4 Å². The summed E-state index contributed by atoms with van der Waals surface area (Å²) < 4.78 is 11.5. The molecule has 4 rings (SSSR count). The predicted octanol–water partition coefficient (Wildman–Crippen LogP) is 2.97. The van der Waals surface area contributed by atoms with Gasteiger partial charge < -0.3 is 19.4 Å². The first-order valence-electron chi connectivity index (χ1n) is 9.35. The van der Waals surface area contributed by atoms with E-state index in [0.717, 1.165) is 36.7 Å². The zero-order valence-electron chi connectivity index (χ0n) is 15.8. The number of likely N-dealkylation sites (tertiary alicyclic amines) is 1. The molecule has 0 radical (unpaired) electrons. The summed E-state index contributed by atoms with van der Waals surface area (Å²) in [6.07, 6.45) is 4.45. The topological polar surface area (TPSA) is 75.8 Å². The molecule has 1 atom stereocenters. The summed E-state index contributed by atoms with van der Waals surface area (Å²) in [5.74, 6) is 2.11. The summed E-state index contributed by atoms with van der Waals surface area (Å²) >= 11 is 0. The molecule has 0 saturated carbocycles. The maximum atomic E-state index is 5.95. The van der Waals surface area contributed by atoms with Gasteiger partial charge in [0.15, 0.2) is 5.96 Å². The average Bonchev–Trinajstić information content (AvgIpc) is 3.40. The molecule has 1 N–H and O–H groups in total. The molecule has 3 aromatic rings. The van der Waals surface area contributed by atoms with Crippen LogP contribution in [0.5, 0.6) is 5.88 Å². The molecule has 144 valence electrons. The van der Waals surface area contributed by atoms with Crippen LogP contribution in [-0.2, 0) is 6.54 Å². The van der Waals surface area contributed by atoms with Gasteiger partial charge in [0.2, 0.25) is 11.8 Å². The van der Waals surface area contributed by atoms with Crippen molar-refractivity contribution in [3.8, 4) is 17.3 Å². The Morgan fingerprint density at radius 3 is 2.89 bits per heavy atom. The van der Waals surface area contributed by atoms with Crippen LogP contribution in [0, 0.1) is 0 Å². The lowest BCUT2D eigenvalue weighted by Crippen LogP contribution is -2.40. The second kappa shape index (κ2) is 8.56. The number of ether oxygens (including phenoxy) is 1. The van der Waals surface area contributed by atoms with Crippen LogP contribution < -0.4 is 10.1 Å². The number of aliphatic imine (C=N–C) groups is 1.